The van der Waals surface area contributed by atoms with E-state index < -0.39 is 18.7 Å². The highest BCUT2D eigenvalue weighted by atomic mass is 19.4. The van der Waals surface area contributed by atoms with Crippen molar-refractivity contribution in [1.29, 1.82) is 0 Å². The fourth-order valence-electron chi connectivity index (χ4n) is 1.65. The Bertz CT molecular complexity index is 641. The summed E-state index contributed by atoms with van der Waals surface area (Å²) < 4.78 is 40.9. The molecule has 106 valence electrons. The predicted molar refractivity (Wildman–Crippen MR) is 67.6 cm³/mol. The molecule has 20 heavy (non-hydrogen) atoms. The van der Waals surface area contributed by atoms with E-state index in [1.54, 1.807) is 18.2 Å². The average molecular weight is 284 g/mol. The molecule has 0 aliphatic rings. The van der Waals surface area contributed by atoms with Crippen molar-refractivity contribution in [3.8, 4) is 0 Å². The first-order valence-corrected chi connectivity index (χ1v) is 5.69. The second-order valence-electron chi connectivity index (χ2n) is 4.06. The summed E-state index contributed by atoms with van der Waals surface area (Å²) in [5.41, 5.74) is 0.709. The molecule has 0 spiro atoms. The van der Waals surface area contributed by atoms with E-state index in [2.05, 4.69) is 15.0 Å². The van der Waals surface area contributed by atoms with Gasteiger partial charge in [-0.1, -0.05) is 6.07 Å². The first-order valence-electron chi connectivity index (χ1n) is 5.69. The van der Waals surface area contributed by atoms with Crippen molar-refractivity contribution in [1.82, 2.24) is 4.98 Å². The number of rotatable bonds is 3. The third-order valence-corrected chi connectivity index (χ3v) is 2.58. The van der Waals surface area contributed by atoms with Gasteiger partial charge < -0.3 is 10.1 Å². The molecule has 0 amide bonds. The normalized spacial score (nSPS) is 11.4. The van der Waals surface area contributed by atoms with E-state index in [-0.39, 0.29) is 5.82 Å². The zero-order chi connectivity index (χ0) is 14.8. The number of halogens is 3. The highest BCUT2D eigenvalue weighted by Gasteiger charge is 2.26. The lowest BCUT2D eigenvalue weighted by atomic mass is 10.1. The van der Waals surface area contributed by atoms with Gasteiger partial charge in [0.2, 0.25) is 0 Å². The van der Waals surface area contributed by atoms with Crippen LogP contribution in [0.15, 0.2) is 30.3 Å². The molecule has 7 heteroatoms. The van der Waals surface area contributed by atoms with Crippen molar-refractivity contribution >= 4 is 22.7 Å². The molecule has 0 atom stereocenters. The molecule has 1 aromatic carbocycles. The van der Waals surface area contributed by atoms with Gasteiger partial charge in [-0.2, -0.15) is 13.2 Å². The van der Waals surface area contributed by atoms with Gasteiger partial charge >= 0.3 is 12.1 Å². The Balaban J connectivity index is 2.29. The number of carbonyl (C=O) groups is 1. The standard InChI is InChI=1S/C13H11F3N2O2/c1-20-12(19)9-3-2-8-4-5-11(18-10(8)6-9)17-7-13(14,15)16/h2-6H,7H2,1H3,(H,17,18). The summed E-state index contributed by atoms with van der Waals surface area (Å²) in [7, 11) is 1.25. The first-order chi connectivity index (χ1) is 9.39. The second-order valence-corrected chi connectivity index (χ2v) is 4.06. The number of ether oxygens (including phenoxy) is 1. The van der Waals surface area contributed by atoms with Gasteiger partial charge in [0.05, 0.1) is 18.2 Å². The van der Waals surface area contributed by atoms with Crippen molar-refractivity contribution < 1.29 is 22.7 Å². The van der Waals surface area contributed by atoms with Gasteiger partial charge in [0.25, 0.3) is 0 Å². The maximum absolute atomic E-state index is 12.1. The topological polar surface area (TPSA) is 51.2 Å². The molecule has 4 nitrogen and oxygen atoms in total. The Labute approximate surface area is 112 Å². The van der Waals surface area contributed by atoms with Crippen molar-refractivity contribution in [3.63, 3.8) is 0 Å². The molecule has 2 aromatic rings. The van der Waals surface area contributed by atoms with Crippen LogP contribution in [0.1, 0.15) is 10.4 Å². The summed E-state index contributed by atoms with van der Waals surface area (Å²) in [5, 5.41) is 2.90. The summed E-state index contributed by atoms with van der Waals surface area (Å²) in [6.07, 6.45) is -4.31. The van der Waals surface area contributed by atoms with Crippen molar-refractivity contribution in [2.45, 2.75) is 6.18 Å². The molecule has 0 radical (unpaired) electrons. The van der Waals surface area contributed by atoms with Crippen LogP contribution in [0.2, 0.25) is 0 Å². The van der Waals surface area contributed by atoms with Crippen LogP contribution in [-0.4, -0.2) is 30.8 Å². The van der Waals surface area contributed by atoms with Gasteiger partial charge in [-0.25, -0.2) is 9.78 Å². The van der Waals surface area contributed by atoms with Crippen molar-refractivity contribution in [2.24, 2.45) is 0 Å². The van der Waals surface area contributed by atoms with Gasteiger partial charge in [-0.3, -0.25) is 0 Å². The molecule has 0 aliphatic carbocycles. The van der Waals surface area contributed by atoms with E-state index in [0.717, 1.165) is 5.39 Å². The lowest BCUT2D eigenvalue weighted by Gasteiger charge is -2.09. The number of nitrogens with one attached hydrogen (secondary N) is 1. The predicted octanol–water partition coefficient (Wildman–Crippen LogP) is 3.00. The minimum atomic E-state index is -4.31. The highest BCUT2D eigenvalue weighted by Crippen LogP contribution is 2.19. The van der Waals surface area contributed by atoms with Crippen LogP contribution in [-0.2, 0) is 4.74 Å². The molecule has 0 bridgehead atoms. The summed E-state index contributed by atoms with van der Waals surface area (Å²) in [4.78, 5) is 15.4. The van der Waals surface area contributed by atoms with E-state index >= 15 is 0 Å². The van der Waals surface area contributed by atoms with E-state index in [1.165, 1.54) is 19.2 Å². The molecule has 0 saturated carbocycles. The summed E-state index contributed by atoms with van der Waals surface area (Å²) >= 11 is 0. The number of nitrogens with zero attached hydrogens (tertiary/aromatic N) is 1. The summed E-state index contributed by atoms with van der Waals surface area (Å²) in [6.45, 7) is -1.16. The molecule has 1 aromatic heterocycles. The minimum Gasteiger partial charge on any atom is -0.465 e. The van der Waals surface area contributed by atoms with E-state index in [9.17, 15) is 18.0 Å². The first kappa shape index (κ1) is 14.1. The maximum Gasteiger partial charge on any atom is 0.405 e. The molecule has 2 rings (SSSR count). The average Bonchev–Trinajstić information content (AvgIpc) is 2.42. The zero-order valence-electron chi connectivity index (χ0n) is 10.5. The highest BCUT2D eigenvalue weighted by molar-refractivity contribution is 5.94. The Hall–Kier alpha value is -2.31. The third-order valence-electron chi connectivity index (χ3n) is 2.58. The van der Waals surface area contributed by atoms with Gasteiger partial charge in [-0.05, 0) is 24.3 Å². The number of esters is 1. The van der Waals surface area contributed by atoms with Crippen LogP contribution in [0.3, 0.4) is 0 Å². The van der Waals surface area contributed by atoms with Crippen LogP contribution in [0, 0.1) is 0 Å². The van der Waals surface area contributed by atoms with Crippen molar-refractivity contribution in [3.05, 3.63) is 35.9 Å². The number of fused-ring (bicyclic) bond motifs is 1. The lowest BCUT2D eigenvalue weighted by molar-refractivity contribution is -0.115. The van der Waals surface area contributed by atoms with Crippen LogP contribution in [0.5, 0.6) is 0 Å². The number of hydrogen-bond donors (Lipinski definition) is 1. The number of hydrogen-bond acceptors (Lipinski definition) is 4. The van der Waals surface area contributed by atoms with Gasteiger partial charge in [-0.15, -0.1) is 0 Å². The number of aromatic nitrogens is 1. The second kappa shape index (κ2) is 5.36. The van der Waals surface area contributed by atoms with E-state index in [0.29, 0.717) is 11.1 Å². The van der Waals surface area contributed by atoms with Gasteiger partial charge in [0.1, 0.15) is 12.4 Å². The SMILES string of the molecule is COC(=O)c1ccc2ccc(NCC(F)(F)F)nc2c1. The smallest absolute Gasteiger partial charge is 0.405 e. The quantitative estimate of drug-likeness (QED) is 0.880. The van der Waals surface area contributed by atoms with Gasteiger partial charge in [0.15, 0.2) is 0 Å². The number of carbonyl (C=O) groups excluding carboxylic acids is 1. The monoisotopic (exact) mass is 284 g/mol. The van der Waals surface area contributed by atoms with Gasteiger partial charge in [0, 0.05) is 5.39 Å². The number of benzene rings is 1. The number of methoxy groups -OCH3 is 1. The Morgan fingerprint density at radius 1 is 1.30 bits per heavy atom. The minimum absolute atomic E-state index is 0.0943. The Morgan fingerprint density at radius 2 is 2.00 bits per heavy atom. The zero-order valence-corrected chi connectivity index (χ0v) is 10.5. The molecule has 0 aliphatic heterocycles. The lowest BCUT2D eigenvalue weighted by Crippen LogP contribution is -2.21. The molecule has 1 heterocycles. The molecule has 0 unspecified atom stereocenters. The third kappa shape index (κ3) is 3.37. The van der Waals surface area contributed by atoms with Crippen LogP contribution < -0.4 is 5.32 Å². The van der Waals surface area contributed by atoms with E-state index in [1.807, 2.05) is 0 Å². The fraction of sp³-hybridized carbons (Fsp3) is 0.231. The Morgan fingerprint density at radius 3 is 2.65 bits per heavy atom. The van der Waals surface area contributed by atoms with Crippen LogP contribution >= 0.6 is 0 Å². The number of pyridine rings is 1. The number of alkyl halides is 3. The number of anilines is 1. The van der Waals surface area contributed by atoms with Crippen molar-refractivity contribution in [2.75, 3.05) is 19.0 Å². The molecule has 1 N–H and O–H groups in total. The summed E-state index contributed by atoms with van der Waals surface area (Å²) in [6, 6.07) is 7.77. The largest absolute Gasteiger partial charge is 0.465 e. The fourth-order valence-corrected chi connectivity index (χ4v) is 1.65. The van der Waals surface area contributed by atoms with Crippen LogP contribution in [0.25, 0.3) is 10.9 Å². The Kier molecular flexibility index (Phi) is 3.78. The summed E-state index contributed by atoms with van der Waals surface area (Å²) in [5.74, 6) is -0.431. The van der Waals surface area contributed by atoms with E-state index in [4.69, 9.17) is 0 Å². The maximum atomic E-state index is 12.1. The molecular formula is C13H11F3N2O2. The van der Waals surface area contributed by atoms with Crippen LogP contribution in [0.4, 0.5) is 19.0 Å². The molecular weight excluding hydrogens is 273 g/mol. The molecule has 0 fully saturated rings. The molecule has 0 saturated heterocycles.